The average molecular weight is 406 g/mol. The molecular formula is C21H25F2N3OS. The molecular weight excluding hydrogens is 380 g/mol. The molecule has 0 saturated carbocycles. The van der Waals surface area contributed by atoms with Gasteiger partial charge in [0.1, 0.15) is 11.6 Å². The minimum Gasteiger partial charge on any atom is -0.331 e. The third kappa shape index (κ3) is 3.96. The lowest BCUT2D eigenvalue weighted by Gasteiger charge is -2.38. The Morgan fingerprint density at radius 3 is 2.79 bits per heavy atom. The first-order valence-electron chi connectivity index (χ1n) is 9.83. The molecule has 1 amide bonds. The summed E-state index contributed by atoms with van der Waals surface area (Å²) in [4.78, 5) is 21.4. The lowest BCUT2D eigenvalue weighted by atomic mass is 9.87. The SMILES string of the molecule is Cc1nc(CN2C(=O)CCC23CCCN(Cc2ccc(F)cc2F)CC3)cs1. The summed E-state index contributed by atoms with van der Waals surface area (Å²) in [5, 5.41) is 3.05. The molecule has 0 aliphatic carbocycles. The molecule has 3 heterocycles. The number of halogens is 2. The molecule has 150 valence electrons. The number of aryl methyl sites for hydroxylation is 1. The molecule has 2 saturated heterocycles. The van der Waals surface area contributed by atoms with Gasteiger partial charge in [-0.05, 0) is 45.2 Å². The first kappa shape index (κ1) is 19.5. The van der Waals surface area contributed by atoms with Crippen LogP contribution in [0.2, 0.25) is 0 Å². The molecule has 7 heteroatoms. The Balaban J connectivity index is 1.46. The molecule has 2 aliphatic heterocycles. The number of likely N-dealkylation sites (tertiary alicyclic amines) is 2. The van der Waals surface area contributed by atoms with E-state index in [1.54, 1.807) is 11.3 Å². The highest BCUT2D eigenvalue weighted by Crippen LogP contribution is 2.40. The van der Waals surface area contributed by atoms with E-state index in [2.05, 4.69) is 9.88 Å². The van der Waals surface area contributed by atoms with E-state index in [9.17, 15) is 13.6 Å². The molecule has 4 rings (SSSR count). The molecule has 1 unspecified atom stereocenters. The van der Waals surface area contributed by atoms with Gasteiger partial charge in [-0.3, -0.25) is 9.69 Å². The molecule has 0 bridgehead atoms. The van der Waals surface area contributed by atoms with Crippen LogP contribution in [0, 0.1) is 18.6 Å². The van der Waals surface area contributed by atoms with Gasteiger partial charge >= 0.3 is 0 Å². The normalized spacial score (nSPS) is 23.5. The van der Waals surface area contributed by atoms with Crippen molar-refractivity contribution in [1.29, 1.82) is 0 Å². The lowest BCUT2D eigenvalue weighted by Crippen LogP contribution is -2.46. The number of benzene rings is 1. The Bertz CT molecular complexity index is 871. The Labute approximate surface area is 168 Å². The number of carbonyl (C=O) groups is 1. The number of nitrogens with zero attached hydrogens (tertiary/aromatic N) is 3. The number of rotatable bonds is 4. The molecule has 1 aromatic heterocycles. The van der Waals surface area contributed by atoms with Crippen molar-refractivity contribution in [3.8, 4) is 0 Å². The van der Waals surface area contributed by atoms with Crippen molar-refractivity contribution in [1.82, 2.24) is 14.8 Å². The van der Waals surface area contributed by atoms with Crippen molar-refractivity contribution in [2.45, 2.75) is 57.7 Å². The fourth-order valence-electron chi connectivity index (χ4n) is 4.58. The number of hydrogen-bond acceptors (Lipinski definition) is 4. The third-order valence-corrected chi connectivity index (χ3v) is 6.91. The highest BCUT2D eigenvalue weighted by Gasteiger charge is 2.45. The Hall–Kier alpha value is -1.86. The maximum Gasteiger partial charge on any atom is 0.223 e. The van der Waals surface area contributed by atoms with E-state index in [1.807, 2.05) is 17.2 Å². The van der Waals surface area contributed by atoms with Crippen LogP contribution in [0.15, 0.2) is 23.6 Å². The summed E-state index contributed by atoms with van der Waals surface area (Å²) in [6.07, 6.45) is 4.28. The second-order valence-corrected chi connectivity index (χ2v) is 8.99. The Morgan fingerprint density at radius 2 is 2.04 bits per heavy atom. The number of amides is 1. The maximum absolute atomic E-state index is 14.0. The topological polar surface area (TPSA) is 36.4 Å². The van der Waals surface area contributed by atoms with Crippen LogP contribution in [0.25, 0.3) is 0 Å². The summed E-state index contributed by atoms with van der Waals surface area (Å²) in [6, 6.07) is 3.79. The van der Waals surface area contributed by atoms with Crippen LogP contribution < -0.4 is 0 Å². The number of aromatic nitrogens is 1. The van der Waals surface area contributed by atoms with Crippen molar-refractivity contribution in [2.24, 2.45) is 0 Å². The van der Waals surface area contributed by atoms with Gasteiger partial charge in [0, 0.05) is 42.1 Å². The Kier molecular flexibility index (Phi) is 5.47. The molecule has 2 aromatic rings. The number of carbonyl (C=O) groups excluding carboxylic acids is 1. The highest BCUT2D eigenvalue weighted by molar-refractivity contribution is 7.09. The van der Waals surface area contributed by atoms with Crippen molar-refractivity contribution < 1.29 is 13.6 Å². The van der Waals surface area contributed by atoms with Gasteiger partial charge in [0.2, 0.25) is 5.91 Å². The predicted molar refractivity (Wildman–Crippen MR) is 105 cm³/mol. The van der Waals surface area contributed by atoms with Crippen LogP contribution in [0.4, 0.5) is 8.78 Å². The van der Waals surface area contributed by atoms with Gasteiger partial charge in [-0.15, -0.1) is 11.3 Å². The predicted octanol–water partition coefficient (Wildman–Crippen LogP) is 4.28. The van der Waals surface area contributed by atoms with Gasteiger partial charge in [-0.1, -0.05) is 6.07 Å². The summed E-state index contributed by atoms with van der Waals surface area (Å²) in [5.74, 6) is -0.826. The van der Waals surface area contributed by atoms with Gasteiger partial charge in [0.05, 0.1) is 17.2 Å². The maximum atomic E-state index is 14.0. The van der Waals surface area contributed by atoms with Crippen molar-refractivity contribution >= 4 is 17.2 Å². The zero-order valence-corrected chi connectivity index (χ0v) is 16.9. The molecule has 0 N–H and O–H groups in total. The van der Waals surface area contributed by atoms with Crippen molar-refractivity contribution in [3.05, 3.63) is 51.5 Å². The van der Waals surface area contributed by atoms with Gasteiger partial charge < -0.3 is 4.90 Å². The summed E-state index contributed by atoms with van der Waals surface area (Å²) < 4.78 is 27.2. The van der Waals surface area contributed by atoms with E-state index in [0.29, 0.717) is 25.1 Å². The van der Waals surface area contributed by atoms with Gasteiger partial charge in [0.25, 0.3) is 0 Å². The molecule has 0 radical (unpaired) electrons. The third-order valence-electron chi connectivity index (χ3n) is 6.08. The molecule has 4 nitrogen and oxygen atoms in total. The lowest BCUT2D eigenvalue weighted by molar-refractivity contribution is -0.132. The summed E-state index contributed by atoms with van der Waals surface area (Å²) in [5.41, 5.74) is 1.37. The van der Waals surface area contributed by atoms with E-state index in [4.69, 9.17) is 0 Å². The molecule has 1 spiro atoms. The van der Waals surface area contributed by atoms with Gasteiger partial charge in [-0.2, -0.15) is 0 Å². The van der Waals surface area contributed by atoms with E-state index in [0.717, 1.165) is 55.5 Å². The molecule has 1 aromatic carbocycles. The van der Waals surface area contributed by atoms with E-state index >= 15 is 0 Å². The van der Waals surface area contributed by atoms with Crippen LogP contribution in [0.1, 0.15) is 48.4 Å². The van der Waals surface area contributed by atoms with Crippen LogP contribution in [-0.4, -0.2) is 39.3 Å². The number of thiazole rings is 1. The highest BCUT2D eigenvalue weighted by atomic mass is 32.1. The fourth-order valence-corrected chi connectivity index (χ4v) is 5.18. The average Bonchev–Trinajstić information content (AvgIpc) is 3.12. The minimum absolute atomic E-state index is 0.120. The number of hydrogen-bond donors (Lipinski definition) is 0. The van der Waals surface area contributed by atoms with E-state index in [-0.39, 0.29) is 11.4 Å². The summed E-state index contributed by atoms with van der Waals surface area (Å²) >= 11 is 1.61. The smallest absolute Gasteiger partial charge is 0.223 e. The monoisotopic (exact) mass is 405 g/mol. The van der Waals surface area contributed by atoms with E-state index in [1.165, 1.54) is 12.1 Å². The second kappa shape index (κ2) is 7.87. The van der Waals surface area contributed by atoms with Gasteiger partial charge in [-0.25, -0.2) is 13.8 Å². The van der Waals surface area contributed by atoms with Crippen LogP contribution >= 0.6 is 11.3 Å². The minimum atomic E-state index is -0.548. The van der Waals surface area contributed by atoms with Crippen molar-refractivity contribution in [2.75, 3.05) is 13.1 Å². The van der Waals surface area contributed by atoms with E-state index < -0.39 is 11.6 Å². The van der Waals surface area contributed by atoms with Crippen LogP contribution in [0.5, 0.6) is 0 Å². The Morgan fingerprint density at radius 1 is 1.18 bits per heavy atom. The first-order valence-corrected chi connectivity index (χ1v) is 10.7. The summed E-state index contributed by atoms with van der Waals surface area (Å²) in [7, 11) is 0. The molecule has 28 heavy (non-hydrogen) atoms. The summed E-state index contributed by atoms with van der Waals surface area (Å²) in [6.45, 7) is 4.69. The quantitative estimate of drug-likeness (QED) is 0.762. The second-order valence-electron chi connectivity index (χ2n) is 7.93. The molecule has 2 fully saturated rings. The standard InChI is InChI=1S/C21H25F2N3OS/c1-15-24-18(14-28-15)13-26-20(27)5-7-21(26)6-2-9-25(10-8-21)12-16-3-4-17(22)11-19(16)23/h3-4,11,14H,2,5-10,12-13H2,1H3. The zero-order valence-electron chi connectivity index (χ0n) is 16.1. The molecule has 1 atom stereocenters. The zero-order chi connectivity index (χ0) is 19.7. The van der Waals surface area contributed by atoms with Crippen LogP contribution in [-0.2, 0) is 17.9 Å². The van der Waals surface area contributed by atoms with Crippen molar-refractivity contribution in [3.63, 3.8) is 0 Å². The fraction of sp³-hybridized carbons (Fsp3) is 0.524. The largest absolute Gasteiger partial charge is 0.331 e. The van der Waals surface area contributed by atoms with Gasteiger partial charge in [0.15, 0.2) is 0 Å². The first-order chi connectivity index (χ1) is 13.4. The molecule has 2 aliphatic rings. The van der Waals surface area contributed by atoms with Crippen LogP contribution in [0.3, 0.4) is 0 Å².